The molecule has 6 heteroatoms. The van der Waals surface area contributed by atoms with E-state index in [9.17, 15) is 9.50 Å². The number of ether oxygens (including phenoxy) is 1. The van der Waals surface area contributed by atoms with Crippen LogP contribution >= 0.6 is 27.3 Å². The molecule has 0 spiro atoms. The lowest BCUT2D eigenvalue weighted by Gasteiger charge is -2.07. The summed E-state index contributed by atoms with van der Waals surface area (Å²) in [5.74, 6) is 0.160. The number of aromatic nitrogens is 1. The van der Waals surface area contributed by atoms with Crippen LogP contribution in [0, 0.1) is 5.82 Å². The van der Waals surface area contributed by atoms with E-state index >= 15 is 0 Å². The Bertz CT molecular complexity index is 544. The highest BCUT2D eigenvalue weighted by Crippen LogP contribution is 2.36. The number of rotatable bonds is 3. The van der Waals surface area contributed by atoms with Gasteiger partial charge in [-0.25, -0.2) is 9.37 Å². The van der Waals surface area contributed by atoms with E-state index in [1.807, 2.05) is 0 Å². The summed E-state index contributed by atoms with van der Waals surface area (Å²) >= 11 is 4.56. The van der Waals surface area contributed by atoms with E-state index < -0.39 is 0 Å². The van der Waals surface area contributed by atoms with Crippen molar-refractivity contribution in [1.82, 2.24) is 4.98 Å². The number of aliphatic hydroxyl groups is 1. The largest absolute Gasteiger partial charge is 0.496 e. The van der Waals surface area contributed by atoms with Gasteiger partial charge in [-0.1, -0.05) is 0 Å². The molecule has 0 bridgehead atoms. The van der Waals surface area contributed by atoms with Gasteiger partial charge in [0.2, 0.25) is 0 Å². The fourth-order valence-electron chi connectivity index (χ4n) is 1.51. The Morgan fingerprint density at radius 3 is 2.94 bits per heavy atom. The van der Waals surface area contributed by atoms with E-state index in [4.69, 9.17) is 4.74 Å². The smallest absolute Gasteiger partial charge is 0.160 e. The van der Waals surface area contributed by atoms with Crippen LogP contribution in [0.2, 0.25) is 0 Å². The topological polar surface area (TPSA) is 42.4 Å². The molecule has 0 saturated carbocycles. The van der Waals surface area contributed by atoms with Gasteiger partial charge in [-0.2, -0.15) is 0 Å². The van der Waals surface area contributed by atoms with E-state index in [1.54, 1.807) is 6.07 Å². The van der Waals surface area contributed by atoms with E-state index in [1.165, 1.54) is 30.6 Å². The molecule has 0 saturated heterocycles. The Labute approximate surface area is 110 Å². The van der Waals surface area contributed by atoms with Crippen molar-refractivity contribution in [1.29, 1.82) is 0 Å². The second kappa shape index (κ2) is 5.12. The third kappa shape index (κ3) is 2.48. The van der Waals surface area contributed by atoms with Crippen LogP contribution in [0.25, 0.3) is 11.3 Å². The number of hydrogen-bond acceptors (Lipinski definition) is 4. The normalized spacial score (nSPS) is 10.6. The third-order valence-electron chi connectivity index (χ3n) is 2.23. The summed E-state index contributed by atoms with van der Waals surface area (Å²) < 4.78 is 19.1. The van der Waals surface area contributed by atoms with Crippen molar-refractivity contribution in [2.75, 3.05) is 7.11 Å². The van der Waals surface area contributed by atoms with Crippen molar-refractivity contribution in [3.05, 3.63) is 32.8 Å². The van der Waals surface area contributed by atoms with Gasteiger partial charge < -0.3 is 9.84 Å². The monoisotopic (exact) mass is 317 g/mol. The fourth-order valence-corrected chi connectivity index (χ4v) is 2.93. The fraction of sp³-hybridized carbons (Fsp3) is 0.182. The Morgan fingerprint density at radius 2 is 2.29 bits per heavy atom. The van der Waals surface area contributed by atoms with E-state index in [2.05, 4.69) is 20.9 Å². The van der Waals surface area contributed by atoms with Gasteiger partial charge in [0.25, 0.3) is 0 Å². The highest BCUT2D eigenvalue weighted by molar-refractivity contribution is 9.11. The Hall–Kier alpha value is -0.980. The minimum atomic E-state index is -0.367. The number of methoxy groups -OCH3 is 1. The summed E-state index contributed by atoms with van der Waals surface area (Å²) in [5, 5.41) is 9.24. The first-order valence-electron chi connectivity index (χ1n) is 4.75. The Balaban J connectivity index is 2.61. The van der Waals surface area contributed by atoms with Gasteiger partial charge in [0.15, 0.2) is 3.92 Å². The average molecular weight is 318 g/mol. The highest BCUT2D eigenvalue weighted by Gasteiger charge is 2.16. The number of thiazole rings is 1. The Morgan fingerprint density at radius 1 is 1.53 bits per heavy atom. The van der Waals surface area contributed by atoms with Crippen molar-refractivity contribution in [2.45, 2.75) is 6.61 Å². The maximum absolute atomic E-state index is 13.3. The molecule has 3 nitrogen and oxygen atoms in total. The van der Waals surface area contributed by atoms with E-state index in [0.29, 0.717) is 25.8 Å². The lowest BCUT2D eigenvalue weighted by molar-refractivity contribution is 0.286. The molecule has 2 rings (SSSR count). The molecule has 1 N–H and O–H groups in total. The molecular formula is C11H9BrFNO2S. The molecule has 0 aliphatic carbocycles. The van der Waals surface area contributed by atoms with Crippen LogP contribution in [-0.4, -0.2) is 17.2 Å². The van der Waals surface area contributed by atoms with Gasteiger partial charge >= 0.3 is 0 Å². The minimum Gasteiger partial charge on any atom is -0.496 e. The minimum absolute atomic E-state index is 0.141. The molecule has 0 amide bonds. The number of halogens is 2. The summed E-state index contributed by atoms with van der Waals surface area (Å²) in [5.41, 5.74) is 1.08. The van der Waals surface area contributed by atoms with Crippen LogP contribution in [0.5, 0.6) is 5.75 Å². The second-order valence-corrected chi connectivity index (χ2v) is 5.60. The summed E-state index contributed by atoms with van der Waals surface area (Å²) in [6.45, 7) is -0.141. The first-order valence-corrected chi connectivity index (χ1v) is 6.36. The zero-order valence-electron chi connectivity index (χ0n) is 8.91. The predicted octanol–water partition coefficient (Wildman–Crippen LogP) is 3.21. The highest BCUT2D eigenvalue weighted by atomic mass is 79.9. The molecule has 1 heterocycles. The van der Waals surface area contributed by atoms with Crippen LogP contribution in [0.4, 0.5) is 4.39 Å². The lowest BCUT2D eigenvalue weighted by atomic mass is 10.1. The van der Waals surface area contributed by atoms with Crippen LogP contribution in [0.1, 0.15) is 4.88 Å². The van der Waals surface area contributed by atoms with Crippen molar-refractivity contribution < 1.29 is 14.2 Å². The third-order valence-corrected chi connectivity index (χ3v) is 3.72. The first kappa shape index (κ1) is 12.5. The van der Waals surface area contributed by atoms with Crippen molar-refractivity contribution in [3.63, 3.8) is 0 Å². The standard InChI is InChI=1S/C11H9BrFNO2S/c1-16-8-3-2-6(13)4-7(8)10-9(5-15)17-11(12)14-10/h2-4,15H,5H2,1H3. The van der Waals surface area contributed by atoms with Crippen LogP contribution in [-0.2, 0) is 6.61 Å². The molecule has 1 aromatic carbocycles. The summed E-state index contributed by atoms with van der Waals surface area (Å²) in [7, 11) is 1.51. The number of benzene rings is 1. The predicted molar refractivity (Wildman–Crippen MR) is 67.7 cm³/mol. The molecule has 0 atom stereocenters. The summed E-state index contributed by atoms with van der Waals surface area (Å²) in [6.07, 6.45) is 0. The molecule has 1 aromatic heterocycles. The molecule has 0 unspecified atom stereocenters. The van der Waals surface area contributed by atoms with Gasteiger partial charge in [0.1, 0.15) is 11.6 Å². The van der Waals surface area contributed by atoms with E-state index in [-0.39, 0.29) is 12.4 Å². The quantitative estimate of drug-likeness (QED) is 0.945. The summed E-state index contributed by atoms with van der Waals surface area (Å²) in [4.78, 5) is 4.90. The van der Waals surface area contributed by atoms with Gasteiger partial charge in [0.05, 0.1) is 24.3 Å². The van der Waals surface area contributed by atoms with Crippen molar-refractivity contribution >= 4 is 27.3 Å². The van der Waals surface area contributed by atoms with Crippen LogP contribution in [0.3, 0.4) is 0 Å². The zero-order valence-corrected chi connectivity index (χ0v) is 11.3. The number of hydrogen-bond donors (Lipinski definition) is 1. The second-order valence-electron chi connectivity index (χ2n) is 3.24. The molecule has 17 heavy (non-hydrogen) atoms. The van der Waals surface area contributed by atoms with Gasteiger partial charge in [-0.05, 0) is 34.1 Å². The van der Waals surface area contributed by atoms with Gasteiger partial charge in [0, 0.05) is 5.56 Å². The molecule has 0 aliphatic heterocycles. The van der Waals surface area contributed by atoms with Gasteiger partial charge in [-0.15, -0.1) is 11.3 Å². The van der Waals surface area contributed by atoms with Crippen molar-refractivity contribution in [3.8, 4) is 17.0 Å². The SMILES string of the molecule is COc1ccc(F)cc1-c1nc(Br)sc1CO. The summed E-state index contributed by atoms with van der Waals surface area (Å²) in [6, 6.07) is 4.21. The molecule has 2 aromatic rings. The van der Waals surface area contributed by atoms with Crippen LogP contribution < -0.4 is 4.74 Å². The van der Waals surface area contributed by atoms with E-state index in [0.717, 1.165) is 0 Å². The number of aliphatic hydroxyl groups excluding tert-OH is 1. The molecule has 90 valence electrons. The Kier molecular flexibility index (Phi) is 3.76. The maximum Gasteiger partial charge on any atom is 0.160 e. The number of nitrogens with zero attached hydrogens (tertiary/aromatic N) is 1. The molecule has 0 radical (unpaired) electrons. The molecular weight excluding hydrogens is 309 g/mol. The van der Waals surface area contributed by atoms with Crippen LogP contribution in [0.15, 0.2) is 22.1 Å². The average Bonchev–Trinajstić information content (AvgIpc) is 2.70. The zero-order chi connectivity index (χ0) is 12.4. The van der Waals surface area contributed by atoms with Crippen molar-refractivity contribution in [2.24, 2.45) is 0 Å². The first-order chi connectivity index (χ1) is 8.15. The maximum atomic E-state index is 13.3. The molecule has 0 aliphatic rings. The molecule has 0 fully saturated rings. The van der Waals surface area contributed by atoms with Gasteiger partial charge in [-0.3, -0.25) is 0 Å². The lowest BCUT2D eigenvalue weighted by Crippen LogP contribution is -1.92.